The van der Waals surface area contributed by atoms with Crippen LogP contribution >= 0.6 is 0 Å². The maximum absolute atomic E-state index is 12.9. The molecule has 2 aromatic carbocycles. The van der Waals surface area contributed by atoms with Crippen molar-refractivity contribution in [3.05, 3.63) is 94.9 Å². The largest absolute Gasteiger partial charge is 0.322 e. The Labute approximate surface area is 205 Å². The molecule has 1 fully saturated rings. The van der Waals surface area contributed by atoms with Gasteiger partial charge in [-0.2, -0.15) is 5.10 Å². The topological polar surface area (TPSA) is 65.8 Å². The number of amides is 1. The number of aryl methyl sites for hydroxylation is 1. The molecule has 0 radical (unpaired) electrons. The number of carbonyl (C=O) groups is 1. The van der Waals surface area contributed by atoms with Crippen molar-refractivity contribution >= 4 is 17.2 Å². The van der Waals surface area contributed by atoms with Crippen molar-refractivity contribution in [2.75, 3.05) is 38.5 Å². The lowest BCUT2D eigenvalue weighted by Crippen LogP contribution is -2.43. The lowest BCUT2D eigenvalue weighted by atomic mass is 10.1. The number of imidazole rings is 1. The third-order valence-corrected chi connectivity index (χ3v) is 6.32. The van der Waals surface area contributed by atoms with Crippen molar-refractivity contribution in [2.45, 2.75) is 13.5 Å². The summed E-state index contributed by atoms with van der Waals surface area (Å²) in [6.45, 7) is 7.26. The van der Waals surface area contributed by atoms with E-state index in [0.717, 1.165) is 49.5 Å². The van der Waals surface area contributed by atoms with Crippen LogP contribution in [0.25, 0.3) is 5.65 Å². The summed E-state index contributed by atoms with van der Waals surface area (Å²) in [7, 11) is 2.16. The highest BCUT2D eigenvalue weighted by Gasteiger charge is 2.14. The van der Waals surface area contributed by atoms with Gasteiger partial charge in [0, 0.05) is 55.7 Å². The molecule has 35 heavy (non-hydrogen) atoms. The summed E-state index contributed by atoms with van der Waals surface area (Å²) in [5.41, 5.74) is 5.91. The van der Waals surface area contributed by atoms with Crippen molar-refractivity contribution < 1.29 is 4.79 Å². The van der Waals surface area contributed by atoms with Crippen molar-refractivity contribution in [1.82, 2.24) is 24.4 Å². The maximum Gasteiger partial charge on any atom is 0.255 e. The number of likely N-dealkylation sites (N-methyl/N-ethyl adjacent to an activating group) is 1. The Morgan fingerprint density at radius 2 is 1.83 bits per heavy atom. The van der Waals surface area contributed by atoms with Crippen LogP contribution in [0.1, 0.15) is 32.7 Å². The molecule has 176 valence electrons. The number of fused-ring (bicyclic) bond motifs is 1. The molecular weight excluding hydrogens is 436 g/mol. The minimum Gasteiger partial charge on any atom is -0.322 e. The summed E-state index contributed by atoms with van der Waals surface area (Å²) in [6, 6.07) is 17.4. The Kier molecular flexibility index (Phi) is 6.57. The van der Waals surface area contributed by atoms with Gasteiger partial charge < -0.3 is 10.2 Å². The number of hydrogen-bond donors (Lipinski definition) is 1. The molecule has 0 atom stereocenters. The van der Waals surface area contributed by atoms with E-state index in [1.807, 2.05) is 61.5 Å². The lowest BCUT2D eigenvalue weighted by molar-refractivity contribution is 0.102. The van der Waals surface area contributed by atoms with Crippen LogP contribution in [0.15, 0.2) is 67.0 Å². The third kappa shape index (κ3) is 5.40. The smallest absolute Gasteiger partial charge is 0.255 e. The predicted molar refractivity (Wildman–Crippen MR) is 137 cm³/mol. The highest BCUT2D eigenvalue weighted by molar-refractivity contribution is 6.04. The van der Waals surface area contributed by atoms with E-state index in [2.05, 4.69) is 44.1 Å². The molecule has 3 heterocycles. The molecule has 0 bridgehead atoms. The number of benzene rings is 2. The highest BCUT2D eigenvalue weighted by Crippen LogP contribution is 2.17. The molecule has 1 aliphatic rings. The predicted octanol–water partition coefficient (Wildman–Crippen LogP) is 3.44. The minimum atomic E-state index is -0.134. The lowest BCUT2D eigenvalue weighted by Gasteiger charge is -2.32. The molecule has 1 saturated heterocycles. The molecule has 7 heteroatoms. The van der Waals surface area contributed by atoms with Crippen LogP contribution in [0.3, 0.4) is 0 Å². The Morgan fingerprint density at radius 3 is 2.63 bits per heavy atom. The third-order valence-electron chi connectivity index (χ3n) is 6.32. The van der Waals surface area contributed by atoms with E-state index < -0.39 is 0 Å². The average molecular weight is 465 g/mol. The van der Waals surface area contributed by atoms with Crippen LogP contribution in [0.4, 0.5) is 5.69 Å². The molecule has 2 aromatic heterocycles. The number of carbonyl (C=O) groups excluding carboxylic acids is 1. The number of aromatic nitrogens is 3. The van der Waals surface area contributed by atoms with E-state index in [9.17, 15) is 4.79 Å². The molecule has 5 rings (SSSR count). The first-order valence-electron chi connectivity index (χ1n) is 11.8. The quantitative estimate of drug-likeness (QED) is 0.469. The standard InChI is InChI=1S/C28H28N6O/c1-21-5-11-25(18-24(21)10-12-26-19-29-27-4-3-13-30-34(26)27)31-28(35)23-8-6-22(7-9-23)20-33-16-14-32(2)15-17-33/h3-9,11,13,18-19H,14-17,20H2,1-2H3,(H,31,35). The van der Waals surface area contributed by atoms with Gasteiger partial charge in [0.05, 0.1) is 6.20 Å². The average Bonchev–Trinajstić information content (AvgIpc) is 3.29. The monoisotopic (exact) mass is 464 g/mol. The van der Waals surface area contributed by atoms with Gasteiger partial charge in [-0.15, -0.1) is 0 Å². The van der Waals surface area contributed by atoms with E-state index in [4.69, 9.17) is 0 Å². The molecule has 1 amide bonds. The summed E-state index contributed by atoms with van der Waals surface area (Å²) in [6.07, 6.45) is 3.42. The van der Waals surface area contributed by atoms with Crippen LogP contribution in [0.5, 0.6) is 0 Å². The van der Waals surface area contributed by atoms with Gasteiger partial charge in [0.15, 0.2) is 5.65 Å². The molecule has 7 nitrogen and oxygen atoms in total. The summed E-state index contributed by atoms with van der Waals surface area (Å²) in [5.74, 6) is 6.21. The maximum atomic E-state index is 12.9. The van der Waals surface area contributed by atoms with E-state index in [1.165, 1.54) is 5.56 Å². The van der Waals surface area contributed by atoms with Crippen LogP contribution in [0.2, 0.25) is 0 Å². The number of nitrogens with zero attached hydrogens (tertiary/aromatic N) is 5. The summed E-state index contributed by atoms with van der Waals surface area (Å²) >= 11 is 0. The normalized spacial score (nSPS) is 14.5. The van der Waals surface area contributed by atoms with Crippen molar-refractivity contribution in [1.29, 1.82) is 0 Å². The zero-order valence-corrected chi connectivity index (χ0v) is 20.0. The Hall–Kier alpha value is -3.99. The second-order valence-electron chi connectivity index (χ2n) is 8.95. The molecule has 0 aliphatic carbocycles. The first-order chi connectivity index (χ1) is 17.0. The number of piperazine rings is 1. The summed E-state index contributed by atoms with van der Waals surface area (Å²) in [5, 5.41) is 7.30. The number of rotatable bonds is 4. The molecule has 4 aromatic rings. The van der Waals surface area contributed by atoms with Crippen LogP contribution in [-0.2, 0) is 6.54 Å². The van der Waals surface area contributed by atoms with Crippen molar-refractivity contribution in [3.63, 3.8) is 0 Å². The highest BCUT2D eigenvalue weighted by atomic mass is 16.1. The van der Waals surface area contributed by atoms with Gasteiger partial charge in [0.25, 0.3) is 5.91 Å². The van der Waals surface area contributed by atoms with Gasteiger partial charge in [-0.25, -0.2) is 9.50 Å². The molecule has 0 spiro atoms. The van der Waals surface area contributed by atoms with Crippen molar-refractivity contribution in [2.24, 2.45) is 0 Å². The fourth-order valence-electron chi connectivity index (χ4n) is 4.11. The van der Waals surface area contributed by atoms with Gasteiger partial charge in [-0.05, 0) is 67.4 Å². The van der Waals surface area contributed by atoms with E-state index in [0.29, 0.717) is 16.9 Å². The fourth-order valence-corrected chi connectivity index (χ4v) is 4.11. The zero-order chi connectivity index (χ0) is 24.2. The van der Waals surface area contributed by atoms with Gasteiger partial charge in [0.2, 0.25) is 0 Å². The van der Waals surface area contributed by atoms with Crippen molar-refractivity contribution in [3.8, 4) is 11.8 Å². The Morgan fingerprint density at radius 1 is 1.03 bits per heavy atom. The molecule has 0 saturated carbocycles. The Balaban J connectivity index is 1.26. The number of nitrogens with one attached hydrogen (secondary N) is 1. The minimum absolute atomic E-state index is 0.134. The second kappa shape index (κ2) is 10.1. The SMILES string of the molecule is Cc1ccc(NC(=O)c2ccc(CN3CCN(C)CC3)cc2)cc1C#Cc1cnc2cccnn12. The van der Waals surface area contributed by atoms with Crippen LogP contribution in [0, 0.1) is 18.8 Å². The first-order valence-corrected chi connectivity index (χ1v) is 11.8. The summed E-state index contributed by atoms with van der Waals surface area (Å²) < 4.78 is 1.71. The first kappa shape index (κ1) is 22.8. The number of hydrogen-bond acceptors (Lipinski definition) is 5. The Bertz CT molecular complexity index is 1400. The summed E-state index contributed by atoms with van der Waals surface area (Å²) in [4.78, 5) is 22.0. The zero-order valence-electron chi connectivity index (χ0n) is 20.0. The van der Waals surface area contributed by atoms with Gasteiger partial charge >= 0.3 is 0 Å². The molecular formula is C28H28N6O. The fraction of sp³-hybridized carbons (Fsp3) is 0.250. The van der Waals surface area contributed by atoms with E-state index in [-0.39, 0.29) is 5.91 Å². The van der Waals surface area contributed by atoms with Crippen LogP contribution < -0.4 is 5.32 Å². The van der Waals surface area contributed by atoms with E-state index >= 15 is 0 Å². The van der Waals surface area contributed by atoms with E-state index in [1.54, 1.807) is 16.9 Å². The van der Waals surface area contributed by atoms with Gasteiger partial charge in [-0.1, -0.05) is 24.1 Å². The van der Waals surface area contributed by atoms with Crippen LogP contribution in [-0.4, -0.2) is 63.5 Å². The molecule has 1 aliphatic heterocycles. The number of anilines is 1. The molecule has 0 unspecified atom stereocenters. The second-order valence-corrected chi connectivity index (χ2v) is 8.95. The van der Waals surface area contributed by atoms with Gasteiger partial charge in [0.1, 0.15) is 5.69 Å². The van der Waals surface area contributed by atoms with Gasteiger partial charge in [-0.3, -0.25) is 9.69 Å². The molecule has 1 N–H and O–H groups in total.